The lowest BCUT2D eigenvalue weighted by Crippen LogP contribution is -2.15. The van der Waals surface area contributed by atoms with E-state index in [1.807, 2.05) is 6.07 Å². The molecule has 0 bridgehead atoms. The van der Waals surface area contributed by atoms with Crippen LogP contribution in [0.5, 0.6) is 0 Å². The maximum Gasteiger partial charge on any atom is 0.131 e. The normalized spacial score (nSPS) is 20.7. The van der Waals surface area contributed by atoms with Gasteiger partial charge in [0.25, 0.3) is 0 Å². The first-order valence-electron chi connectivity index (χ1n) is 12.9. The largest absolute Gasteiger partial charge is 0.207 e. The van der Waals surface area contributed by atoms with E-state index < -0.39 is 0 Å². The van der Waals surface area contributed by atoms with E-state index in [1.54, 1.807) is 18.2 Å². The van der Waals surface area contributed by atoms with Gasteiger partial charge in [-0.3, -0.25) is 0 Å². The molecule has 0 N–H and O–H groups in total. The van der Waals surface area contributed by atoms with Crippen molar-refractivity contribution in [3.8, 4) is 11.1 Å². The van der Waals surface area contributed by atoms with Crippen molar-refractivity contribution in [3.05, 3.63) is 64.7 Å². The lowest BCUT2D eigenvalue weighted by Gasteiger charge is -2.29. The van der Waals surface area contributed by atoms with Crippen LogP contribution in [0.15, 0.2) is 42.0 Å². The van der Waals surface area contributed by atoms with E-state index in [1.165, 1.54) is 87.5 Å². The van der Waals surface area contributed by atoms with Crippen molar-refractivity contribution in [3.63, 3.8) is 0 Å². The van der Waals surface area contributed by atoms with Gasteiger partial charge in [-0.05, 0) is 78.5 Å². The summed E-state index contributed by atoms with van der Waals surface area (Å²) in [6.45, 7) is 2.29. The van der Waals surface area contributed by atoms with Crippen molar-refractivity contribution in [1.29, 1.82) is 0 Å². The van der Waals surface area contributed by atoms with Gasteiger partial charge in [0, 0.05) is 5.56 Å². The zero-order valence-electron chi connectivity index (χ0n) is 19.6. The van der Waals surface area contributed by atoms with E-state index in [2.05, 4.69) is 13.0 Å². The Kier molecular flexibility index (Phi) is 8.16. The molecule has 2 heteroatoms. The first-order chi connectivity index (χ1) is 15.6. The predicted octanol–water partition coefficient (Wildman–Crippen LogP) is 9.52. The molecule has 2 aliphatic rings. The minimum absolute atomic E-state index is 0.217. The van der Waals surface area contributed by atoms with E-state index in [0.717, 1.165) is 42.2 Å². The number of benzene rings is 2. The van der Waals surface area contributed by atoms with E-state index in [0.29, 0.717) is 5.56 Å². The van der Waals surface area contributed by atoms with Gasteiger partial charge in [-0.25, -0.2) is 8.78 Å². The van der Waals surface area contributed by atoms with E-state index in [9.17, 15) is 8.78 Å². The van der Waals surface area contributed by atoms with Crippen molar-refractivity contribution in [2.75, 3.05) is 0 Å². The molecule has 32 heavy (non-hydrogen) atoms. The summed E-state index contributed by atoms with van der Waals surface area (Å²) in [6.07, 6.45) is 19.4. The van der Waals surface area contributed by atoms with Crippen LogP contribution < -0.4 is 0 Å². The second-order valence-corrected chi connectivity index (χ2v) is 10.1. The molecule has 0 aromatic heterocycles. The number of unbranched alkanes of at least 4 members (excludes halogenated alkanes) is 3. The molecular formula is C30H38F2. The number of fused-ring (bicyclic) bond motifs is 1. The molecule has 0 heterocycles. The lowest BCUT2D eigenvalue weighted by molar-refractivity contribution is 0.248. The zero-order chi connectivity index (χ0) is 22.3. The molecule has 0 unspecified atom stereocenters. The molecule has 1 saturated carbocycles. The van der Waals surface area contributed by atoms with Crippen molar-refractivity contribution in [2.45, 2.75) is 90.4 Å². The predicted molar refractivity (Wildman–Crippen MR) is 132 cm³/mol. The Bertz CT molecular complexity index is 901. The van der Waals surface area contributed by atoms with Crippen LogP contribution in [0.25, 0.3) is 17.2 Å². The number of aryl methyl sites for hydroxylation is 1. The third kappa shape index (κ3) is 6.09. The van der Waals surface area contributed by atoms with Crippen molar-refractivity contribution in [1.82, 2.24) is 0 Å². The summed E-state index contributed by atoms with van der Waals surface area (Å²) in [4.78, 5) is 0. The van der Waals surface area contributed by atoms with Gasteiger partial charge in [0.05, 0.1) is 0 Å². The van der Waals surface area contributed by atoms with E-state index in [-0.39, 0.29) is 11.6 Å². The van der Waals surface area contributed by atoms with Crippen LogP contribution in [0.3, 0.4) is 0 Å². The molecule has 2 aromatic rings. The quantitative estimate of drug-likeness (QED) is 0.343. The topological polar surface area (TPSA) is 0 Å². The fraction of sp³-hybridized carbons (Fsp3) is 0.533. The summed E-state index contributed by atoms with van der Waals surface area (Å²) < 4.78 is 28.0. The van der Waals surface area contributed by atoms with Gasteiger partial charge < -0.3 is 0 Å². The minimum Gasteiger partial charge on any atom is -0.207 e. The first kappa shape index (κ1) is 23.2. The van der Waals surface area contributed by atoms with Crippen LogP contribution in [0.2, 0.25) is 0 Å². The van der Waals surface area contributed by atoms with Gasteiger partial charge in [0.1, 0.15) is 11.6 Å². The number of halogens is 2. The van der Waals surface area contributed by atoms with Crippen LogP contribution in [0.1, 0.15) is 95.1 Å². The maximum absolute atomic E-state index is 14.8. The van der Waals surface area contributed by atoms with Gasteiger partial charge in [0.15, 0.2) is 0 Å². The Balaban J connectivity index is 1.29. The average Bonchev–Trinajstić information content (AvgIpc) is 2.81. The lowest BCUT2D eigenvalue weighted by atomic mass is 9.77. The molecule has 0 spiro atoms. The van der Waals surface area contributed by atoms with Crippen LogP contribution in [-0.4, -0.2) is 0 Å². The highest BCUT2D eigenvalue weighted by atomic mass is 19.1. The minimum atomic E-state index is -0.292. The molecule has 2 aromatic carbocycles. The van der Waals surface area contributed by atoms with Gasteiger partial charge in [-0.15, -0.1) is 0 Å². The third-order valence-corrected chi connectivity index (χ3v) is 7.77. The number of hydrogen-bond donors (Lipinski definition) is 0. The second kappa shape index (κ2) is 11.3. The van der Waals surface area contributed by atoms with Gasteiger partial charge >= 0.3 is 0 Å². The Morgan fingerprint density at radius 2 is 1.53 bits per heavy atom. The maximum atomic E-state index is 14.8. The Labute approximate surface area is 193 Å². The summed E-state index contributed by atoms with van der Waals surface area (Å²) >= 11 is 0. The molecule has 0 nitrogen and oxygen atoms in total. The average molecular weight is 437 g/mol. The third-order valence-electron chi connectivity index (χ3n) is 7.77. The number of allylic oxidation sites excluding steroid dienone is 1. The summed E-state index contributed by atoms with van der Waals surface area (Å²) in [5, 5.41) is 0. The molecule has 172 valence electrons. The van der Waals surface area contributed by atoms with Crippen molar-refractivity contribution in [2.24, 2.45) is 11.8 Å². The zero-order valence-corrected chi connectivity index (χ0v) is 19.6. The van der Waals surface area contributed by atoms with E-state index >= 15 is 0 Å². The van der Waals surface area contributed by atoms with Crippen LogP contribution in [-0.2, 0) is 6.42 Å². The molecular weight excluding hydrogens is 398 g/mol. The van der Waals surface area contributed by atoms with Gasteiger partial charge in [0.2, 0.25) is 0 Å². The highest BCUT2D eigenvalue weighted by Crippen LogP contribution is 2.37. The summed E-state index contributed by atoms with van der Waals surface area (Å²) in [5.74, 6) is 1.34. The van der Waals surface area contributed by atoms with Crippen LogP contribution >= 0.6 is 0 Å². The first-order valence-corrected chi connectivity index (χ1v) is 12.9. The van der Waals surface area contributed by atoms with Crippen molar-refractivity contribution >= 4 is 6.08 Å². The van der Waals surface area contributed by atoms with Gasteiger partial charge in [-0.2, -0.15) is 0 Å². The second-order valence-electron chi connectivity index (χ2n) is 10.1. The van der Waals surface area contributed by atoms with Crippen molar-refractivity contribution < 1.29 is 8.78 Å². The Hall–Kier alpha value is -1.96. The molecule has 2 aliphatic carbocycles. The Morgan fingerprint density at radius 3 is 2.25 bits per heavy atom. The van der Waals surface area contributed by atoms with Crippen LogP contribution in [0, 0.1) is 23.5 Å². The van der Waals surface area contributed by atoms with E-state index in [4.69, 9.17) is 0 Å². The van der Waals surface area contributed by atoms with Crippen LogP contribution in [0.4, 0.5) is 8.78 Å². The number of hydrogen-bond acceptors (Lipinski definition) is 0. The van der Waals surface area contributed by atoms with Gasteiger partial charge in [-0.1, -0.05) is 88.5 Å². The molecule has 0 aliphatic heterocycles. The fourth-order valence-electron chi connectivity index (χ4n) is 5.68. The SMILES string of the molecule is CCCCCCC1CCC(CCC2=Cc3cc(F)c(-c4ccc(F)cc4)cc3CC2)CC1. The summed E-state index contributed by atoms with van der Waals surface area (Å²) in [5.41, 5.74) is 5.03. The Morgan fingerprint density at radius 1 is 0.812 bits per heavy atom. The highest BCUT2D eigenvalue weighted by molar-refractivity contribution is 5.70. The number of rotatable bonds is 9. The molecule has 0 atom stereocenters. The molecule has 1 fully saturated rings. The highest BCUT2D eigenvalue weighted by Gasteiger charge is 2.22. The molecule has 0 saturated heterocycles. The molecule has 0 amide bonds. The standard InChI is InChI=1S/C30H38F2/c1-2-3-4-5-6-22-7-9-23(10-8-22)11-12-24-13-14-26-20-29(30(32)21-27(26)19-24)25-15-17-28(31)18-16-25/h15-23H,2-14H2,1H3. The molecule has 4 rings (SSSR count). The monoisotopic (exact) mass is 436 g/mol. The smallest absolute Gasteiger partial charge is 0.131 e. The molecule has 0 radical (unpaired) electrons. The fourth-order valence-corrected chi connectivity index (χ4v) is 5.68. The summed E-state index contributed by atoms with van der Waals surface area (Å²) in [7, 11) is 0. The summed E-state index contributed by atoms with van der Waals surface area (Å²) in [6, 6.07) is 9.75.